The van der Waals surface area contributed by atoms with Crippen molar-refractivity contribution in [2.75, 3.05) is 39.8 Å². The van der Waals surface area contributed by atoms with E-state index in [-0.39, 0.29) is 0 Å². The molecule has 0 spiro atoms. The largest absolute Gasteiger partial charge is 0.314 e. The fraction of sp³-hybridized carbons (Fsp3) is 1.00. The first-order valence-electron chi connectivity index (χ1n) is 8.95. The van der Waals surface area contributed by atoms with Crippen molar-refractivity contribution in [3.05, 3.63) is 0 Å². The summed E-state index contributed by atoms with van der Waals surface area (Å²) >= 11 is 0. The monoisotopic (exact) mass is 281 g/mol. The van der Waals surface area contributed by atoms with Gasteiger partial charge in [-0.25, -0.2) is 0 Å². The van der Waals surface area contributed by atoms with E-state index in [4.69, 9.17) is 0 Å². The maximum atomic E-state index is 3.75. The van der Waals surface area contributed by atoms with Gasteiger partial charge >= 0.3 is 0 Å². The van der Waals surface area contributed by atoms with E-state index in [2.05, 4.69) is 29.1 Å². The minimum Gasteiger partial charge on any atom is -0.314 e. The minimum absolute atomic E-state index is 0.816. The summed E-state index contributed by atoms with van der Waals surface area (Å²) in [6.07, 6.45) is 11.2. The molecule has 1 heterocycles. The zero-order valence-electron chi connectivity index (χ0n) is 13.7. The topological polar surface area (TPSA) is 18.5 Å². The van der Waals surface area contributed by atoms with Gasteiger partial charge in [0, 0.05) is 18.6 Å². The highest BCUT2D eigenvalue weighted by Gasteiger charge is 2.23. The first-order chi connectivity index (χ1) is 9.79. The van der Waals surface area contributed by atoms with Gasteiger partial charge in [-0.3, -0.25) is 4.90 Å². The van der Waals surface area contributed by atoms with Crippen molar-refractivity contribution in [2.45, 2.75) is 70.4 Å². The average molecular weight is 281 g/mol. The second kappa shape index (κ2) is 9.01. The van der Waals surface area contributed by atoms with Crippen molar-refractivity contribution in [3.63, 3.8) is 0 Å². The summed E-state index contributed by atoms with van der Waals surface area (Å²) in [7, 11) is 2.30. The van der Waals surface area contributed by atoms with Crippen LogP contribution in [0.3, 0.4) is 0 Å². The van der Waals surface area contributed by atoms with Crippen molar-refractivity contribution in [2.24, 2.45) is 0 Å². The van der Waals surface area contributed by atoms with Crippen molar-refractivity contribution in [1.29, 1.82) is 0 Å². The van der Waals surface area contributed by atoms with Gasteiger partial charge in [-0.05, 0) is 65.3 Å². The number of nitrogens with zero attached hydrogens (tertiary/aromatic N) is 2. The van der Waals surface area contributed by atoms with Crippen LogP contribution < -0.4 is 5.32 Å². The highest BCUT2D eigenvalue weighted by molar-refractivity contribution is 4.80. The van der Waals surface area contributed by atoms with Crippen LogP contribution in [0.2, 0.25) is 0 Å². The van der Waals surface area contributed by atoms with Gasteiger partial charge in [0.15, 0.2) is 0 Å². The molecule has 0 aromatic heterocycles. The molecule has 2 rings (SSSR count). The molecule has 0 aromatic rings. The molecule has 1 aliphatic heterocycles. The van der Waals surface area contributed by atoms with Gasteiger partial charge in [-0.15, -0.1) is 0 Å². The van der Waals surface area contributed by atoms with Crippen LogP contribution in [0.4, 0.5) is 0 Å². The Morgan fingerprint density at radius 1 is 1.10 bits per heavy atom. The molecule has 3 nitrogen and oxygen atoms in total. The average Bonchev–Trinajstić information content (AvgIpc) is 2.92. The van der Waals surface area contributed by atoms with E-state index in [1.807, 2.05) is 0 Å². The fourth-order valence-corrected chi connectivity index (χ4v) is 3.93. The van der Waals surface area contributed by atoms with Gasteiger partial charge in [0.05, 0.1) is 0 Å². The molecule has 0 radical (unpaired) electrons. The van der Waals surface area contributed by atoms with Gasteiger partial charge in [-0.1, -0.05) is 26.2 Å². The Bertz CT molecular complexity index is 251. The molecule has 1 aliphatic carbocycles. The lowest BCUT2D eigenvalue weighted by Gasteiger charge is -2.28. The van der Waals surface area contributed by atoms with Gasteiger partial charge in [-0.2, -0.15) is 0 Å². The second-order valence-corrected chi connectivity index (χ2v) is 6.83. The van der Waals surface area contributed by atoms with Crippen molar-refractivity contribution >= 4 is 0 Å². The highest BCUT2D eigenvalue weighted by Crippen LogP contribution is 2.18. The summed E-state index contributed by atoms with van der Waals surface area (Å²) in [5, 5.41) is 3.75. The Kier molecular flexibility index (Phi) is 7.32. The quantitative estimate of drug-likeness (QED) is 0.690. The third-order valence-electron chi connectivity index (χ3n) is 5.18. The van der Waals surface area contributed by atoms with Gasteiger partial charge in [0.25, 0.3) is 0 Å². The number of rotatable bonds is 8. The first kappa shape index (κ1) is 16.3. The van der Waals surface area contributed by atoms with Crippen molar-refractivity contribution in [3.8, 4) is 0 Å². The Hall–Kier alpha value is -0.120. The molecule has 1 saturated heterocycles. The predicted molar refractivity (Wildman–Crippen MR) is 87.3 cm³/mol. The number of hydrogen-bond donors (Lipinski definition) is 1. The lowest BCUT2D eigenvalue weighted by Crippen LogP contribution is -2.40. The first-order valence-corrected chi connectivity index (χ1v) is 8.95. The summed E-state index contributed by atoms with van der Waals surface area (Å²) in [6.45, 7) is 8.55. The Morgan fingerprint density at radius 2 is 1.90 bits per heavy atom. The maximum absolute atomic E-state index is 3.75. The standard InChI is InChI=1S/C17H35N3/c1-3-20-14-7-11-17(20)15-19(2)13-8-12-18-16-9-5-4-6-10-16/h16-18H,3-15H2,1-2H3. The van der Waals surface area contributed by atoms with Crippen LogP contribution in [0.25, 0.3) is 0 Å². The summed E-state index contributed by atoms with van der Waals surface area (Å²) in [4.78, 5) is 5.19. The number of nitrogens with one attached hydrogen (secondary N) is 1. The zero-order valence-corrected chi connectivity index (χ0v) is 13.7. The highest BCUT2D eigenvalue weighted by atomic mass is 15.2. The molecule has 20 heavy (non-hydrogen) atoms. The number of likely N-dealkylation sites (tertiary alicyclic amines) is 1. The molecular weight excluding hydrogens is 246 g/mol. The van der Waals surface area contributed by atoms with Crippen LogP contribution in [0.5, 0.6) is 0 Å². The third kappa shape index (κ3) is 5.34. The van der Waals surface area contributed by atoms with Crippen LogP contribution in [-0.4, -0.2) is 61.7 Å². The summed E-state index contributed by atoms with van der Waals surface area (Å²) in [6, 6.07) is 1.63. The van der Waals surface area contributed by atoms with E-state index in [9.17, 15) is 0 Å². The Labute approximate surface area is 126 Å². The summed E-state index contributed by atoms with van der Waals surface area (Å²) in [5.41, 5.74) is 0. The summed E-state index contributed by atoms with van der Waals surface area (Å²) in [5.74, 6) is 0. The molecule has 2 aliphatic rings. The number of likely N-dealkylation sites (N-methyl/N-ethyl adjacent to an activating group) is 2. The Morgan fingerprint density at radius 3 is 2.65 bits per heavy atom. The molecule has 118 valence electrons. The maximum Gasteiger partial charge on any atom is 0.0223 e. The molecule has 1 saturated carbocycles. The fourth-order valence-electron chi connectivity index (χ4n) is 3.93. The van der Waals surface area contributed by atoms with Crippen LogP contribution in [0.1, 0.15) is 58.3 Å². The normalized spacial score (nSPS) is 25.6. The van der Waals surface area contributed by atoms with Crippen LogP contribution >= 0.6 is 0 Å². The third-order valence-corrected chi connectivity index (χ3v) is 5.18. The van der Waals surface area contributed by atoms with E-state index in [1.54, 1.807) is 0 Å². The smallest absolute Gasteiger partial charge is 0.0223 e. The predicted octanol–water partition coefficient (Wildman–Crippen LogP) is 2.71. The molecule has 0 aromatic carbocycles. The van der Waals surface area contributed by atoms with Crippen LogP contribution in [0, 0.1) is 0 Å². The molecule has 0 bridgehead atoms. The van der Waals surface area contributed by atoms with Gasteiger partial charge in [0.2, 0.25) is 0 Å². The van der Waals surface area contributed by atoms with Crippen LogP contribution in [-0.2, 0) is 0 Å². The molecule has 0 amide bonds. The van der Waals surface area contributed by atoms with Gasteiger partial charge in [0.1, 0.15) is 0 Å². The van der Waals surface area contributed by atoms with Crippen molar-refractivity contribution in [1.82, 2.24) is 15.1 Å². The molecule has 1 N–H and O–H groups in total. The molecular formula is C17H35N3. The molecule has 2 fully saturated rings. The van der Waals surface area contributed by atoms with E-state index in [0.29, 0.717) is 0 Å². The van der Waals surface area contributed by atoms with Crippen LogP contribution in [0.15, 0.2) is 0 Å². The molecule has 1 unspecified atom stereocenters. The number of hydrogen-bond acceptors (Lipinski definition) is 3. The Balaban J connectivity index is 1.52. The zero-order chi connectivity index (χ0) is 14.2. The van der Waals surface area contributed by atoms with E-state index < -0.39 is 0 Å². The lowest BCUT2D eigenvalue weighted by molar-refractivity contribution is 0.196. The van der Waals surface area contributed by atoms with E-state index in [1.165, 1.54) is 84.1 Å². The van der Waals surface area contributed by atoms with Crippen molar-refractivity contribution < 1.29 is 0 Å². The minimum atomic E-state index is 0.816. The molecule has 1 atom stereocenters. The second-order valence-electron chi connectivity index (χ2n) is 6.83. The molecule has 3 heteroatoms. The van der Waals surface area contributed by atoms with E-state index in [0.717, 1.165) is 12.1 Å². The lowest BCUT2D eigenvalue weighted by atomic mass is 9.95. The summed E-state index contributed by atoms with van der Waals surface area (Å²) < 4.78 is 0. The SMILES string of the molecule is CCN1CCCC1CN(C)CCCNC1CCCCC1. The van der Waals surface area contributed by atoms with E-state index >= 15 is 0 Å². The van der Waals surface area contributed by atoms with Gasteiger partial charge < -0.3 is 10.2 Å².